The Kier molecular flexibility index (Phi) is 6.08. The first-order valence-electron chi connectivity index (χ1n) is 13.5. The van der Waals surface area contributed by atoms with Gasteiger partial charge in [-0.15, -0.1) is 23.1 Å². The molecule has 4 aliphatic rings. The van der Waals surface area contributed by atoms with Crippen LogP contribution in [0.25, 0.3) is 11.0 Å². The lowest BCUT2D eigenvalue weighted by molar-refractivity contribution is -0.137. The van der Waals surface area contributed by atoms with E-state index in [-0.39, 0.29) is 35.9 Å². The van der Waals surface area contributed by atoms with Gasteiger partial charge in [0.15, 0.2) is 5.65 Å². The molecule has 0 saturated carbocycles. The summed E-state index contributed by atoms with van der Waals surface area (Å²) in [6.45, 7) is 2.76. The van der Waals surface area contributed by atoms with Crippen molar-refractivity contribution in [1.82, 2.24) is 19.4 Å². The number of hydrogen-bond donors (Lipinski definition) is 2. The standard InChI is InChI=1S/C27H27FN8O3S2/c28-16-6-26(3-1-4-36(26)10-16)14-39-25-32-23-20(15(7-29)9-34(23)5-2-19(37)38)24(33-25)35-12-27(13-35)21-17(8-30)22(31)41-18(21)11-40-27/h9,16H,1-6,10-14,31H2,(H,37,38)/t16-,26+/m1/s1. The van der Waals surface area contributed by atoms with Crippen molar-refractivity contribution in [1.29, 1.82) is 10.5 Å². The number of aliphatic carboxylic acids is 1. The summed E-state index contributed by atoms with van der Waals surface area (Å²) < 4.78 is 21.9. The van der Waals surface area contributed by atoms with Gasteiger partial charge in [-0.1, -0.05) is 0 Å². The highest BCUT2D eigenvalue weighted by Crippen LogP contribution is 2.58. The number of thioether (sulfide) groups is 1. The molecule has 7 rings (SSSR count). The molecule has 0 bridgehead atoms. The average molecular weight is 595 g/mol. The normalized spacial score (nSPS) is 24.3. The third-order valence-corrected chi connectivity index (χ3v) is 11.5. The van der Waals surface area contributed by atoms with Gasteiger partial charge in [0.25, 0.3) is 0 Å². The highest BCUT2D eigenvalue weighted by atomic mass is 32.2. The molecule has 7 heterocycles. The van der Waals surface area contributed by atoms with Crippen LogP contribution in [-0.2, 0) is 21.8 Å². The molecule has 41 heavy (non-hydrogen) atoms. The number of carbonyl (C=O) groups is 1. The summed E-state index contributed by atoms with van der Waals surface area (Å²) in [6, 6.07) is 4.63. The first-order valence-corrected chi connectivity index (χ1v) is 15.3. The molecule has 0 amide bonds. The second kappa shape index (κ2) is 9.48. The quantitative estimate of drug-likeness (QED) is 0.414. The van der Waals surface area contributed by atoms with E-state index in [0.29, 0.717) is 59.0 Å². The van der Waals surface area contributed by atoms with Crippen LogP contribution >= 0.6 is 23.1 Å². The minimum absolute atomic E-state index is 0.119. The van der Waals surface area contributed by atoms with E-state index >= 15 is 0 Å². The van der Waals surface area contributed by atoms with Gasteiger partial charge in [0.1, 0.15) is 35.7 Å². The Morgan fingerprint density at radius 3 is 2.90 bits per heavy atom. The fourth-order valence-electron chi connectivity index (χ4n) is 7.00. The van der Waals surface area contributed by atoms with Crippen LogP contribution in [0.5, 0.6) is 6.01 Å². The monoisotopic (exact) mass is 594 g/mol. The van der Waals surface area contributed by atoms with E-state index in [4.69, 9.17) is 15.5 Å². The summed E-state index contributed by atoms with van der Waals surface area (Å²) in [5, 5.41) is 30.2. The van der Waals surface area contributed by atoms with Crippen molar-refractivity contribution >= 4 is 50.9 Å². The van der Waals surface area contributed by atoms with Gasteiger partial charge < -0.3 is 25.0 Å². The van der Waals surface area contributed by atoms with Crippen LogP contribution in [0.3, 0.4) is 0 Å². The van der Waals surface area contributed by atoms with Gasteiger partial charge in [0.05, 0.1) is 33.2 Å². The molecule has 0 unspecified atom stereocenters. The number of aromatic nitrogens is 3. The molecular formula is C27H27FN8O3S2. The molecule has 3 fully saturated rings. The Balaban J connectivity index is 1.26. The van der Waals surface area contributed by atoms with Crippen LogP contribution in [0.4, 0.5) is 15.2 Å². The highest BCUT2D eigenvalue weighted by Gasteiger charge is 2.53. The first kappa shape index (κ1) is 26.3. The molecule has 0 aromatic carbocycles. The van der Waals surface area contributed by atoms with E-state index in [0.717, 1.165) is 35.6 Å². The minimum Gasteiger partial charge on any atom is -0.481 e. The van der Waals surface area contributed by atoms with Gasteiger partial charge in [-0.25, -0.2) is 4.39 Å². The van der Waals surface area contributed by atoms with Crippen molar-refractivity contribution < 1.29 is 19.0 Å². The number of fused-ring (bicyclic) bond motifs is 4. The molecule has 212 valence electrons. The lowest BCUT2D eigenvalue weighted by Gasteiger charge is -2.48. The van der Waals surface area contributed by atoms with Crippen molar-refractivity contribution in [2.24, 2.45) is 0 Å². The van der Waals surface area contributed by atoms with Crippen molar-refractivity contribution in [3.05, 3.63) is 27.8 Å². The van der Waals surface area contributed by atoms with E-state index in [9.17, 15) is 24.8 Å². The first-order chi connectivity index (χ1) is 19.8. The van der Waals surface area contributed by atoms with E-state index in [2.05, 4.69) is 26.9 Å². The predicted molar refractivity (Wildman–Crippen MR) is 152 cm³/mol. The lowest BCUT2D eigenvalue weighted by Crippen LogP contribution is -2.57. The number of ether oxygens (including phenoxy) is 1. The van der Waals surface area contributed by atoms with E-state index < -0.39 is 12.1 Å². The zero-order valence-electron chi connectivity index (χ0n) is 22.1. The van der Waals surface area contributed by atoms with Crippen LogP contribution in [0.1, 0.15) is 47.3 Å². The molecule has 3 N–H and O–H groups in total. The van der Waals surface area contributed by atoms with Crippen LogP contribution < -0.4 is 15.4 Å². The smallest absolute Gasteiger partial charge is 0.320 e. The zero-order chi connectivity index (χ0) is 28.5. The van der Waals surface area contributed by atoms with E-state index in [1.165, 1.54) is 11.3 Å². The van der Waals surface area contributed by atoms with Crippen LogP contribution in [-0.4, -0.2) is 75.0 Å². The Labute approximate surface area is 243 Å². The van der Waals surface area contributed by atoms with Crippen molar-refractivity contribution in [3.8, 4) is 18.1 Å². The number of nitrogens with zero attached hydrogens (tertiary/aromatic N) is 7. The molecule has 14 heteroatoms. The number of alkyl halides is 1. The summed E-state index contributed by atoms with van der Waals surface area (Å²) in [5.41, 5.74) is 8.10. The van der Waals surface area contributed by atoms with Gasteiger partial charge in [0.2, 0.25) is 0 Å². The van der Waals surface area contributed by atoms with E-state index in [1.54, 1.807) is 22.5 Å². The highest BCUT2D eigenvalue weighted by molar-refractivity contribution is 8.00. The molecule has 2 atom stereocenters. The average Bonchev–Trinajstić information content (AvgIpc) is 3.70. The van der Waals surface area contributed by atoms with Gasteiger partial charge in [-0.3, -0.25) is 9.69 Å². The fourth-order valence-corrected chi connectivity index (χ4v) is 9.81. The van der Waals surface area contributed by atoms with Gasteiger partial charge in [-0.05, 0) is 19.4 Å². The summed E-state index contributed by atoms with van der Waals surface area (Å²) in [6.07, 6.45) is 2.83. The molecule has 1 spiro atoms. The number of aryl methyl sites for hydroxylation is 1. The molecule has 0 aliphatic carbocycles. The summed E-state index contributed by atoms with van der Waals surface area (Å²) in [4.78, 5) is 26.1. The molecule has 0 radical (unpaired) electrons. The van der Waals surface area contributed by atoms with Crippen molar-refractivity contribution in [2.75, 3.05) is 43.4 Å². The maximum atomic E-state index is 14.4. The van der Waals surface area contributed by atoms with Crippen LogP contribution in [0.2, 0.25) is 0 Å². The van der Waals surface area contributed by atoms with Gasteiger partial charge in [-0.2, -0.15) is 20.5 Å². The van der Waals surface area contributed by atoms with E-state index in [1.807, 2.05) is 0 Å². The fraction of sp³-hybridized carbons (Fsp3) is 0.519. The Hall–Kier alpha value is -3.59. The topological polar surface area (TPSA) is 157 Å². The van der Waals surface area contributed by atoms with Crippen LogP contribution in [0, 0.1) is 22.7 Å². The number of thiophene rings is 1. The van der Waals surface area contributed by atoms with Crippen LogP contribution in [0.15, 0.2) is 6.20 Å². The second-order valence-electron chi connectivity index (χ2n) is 11.3. The molecule has 4 aliphatic heterocycles. The van der Waals surface area contributed by atoms with Gasteiger partial charge in [0, 0.05) is 55.0 Å². The lowest BCUT2D eigenvalue weighted by atomic mass is 9.88. The maximum Gasteiger partial charge on any atom is 0.320 e. The number of nitriles is 2. The number of nitrogens with two attached hydrogens (primary N) is 1. The number of hydrogen-bond acceptors (Lipinski definition) is 11. The number of halogens is 1. The zero-order valence-corrected chi connectivity index (χ0v) is 23.7. The Morgan fingerprint density at radius 1 is 1.32 bits per heavy atom. The summed E-state index contributed by atoms with van der Waals surface area (Å²) in [5.74, 6) is 0.365. The Morgan fingerprint density at radius 2 is 2.15 bits per heavy atom. The summed E-state index contributed by atoms with van der Waals surface area (Å²) >= 11 is 3.26. The number of rotatable bonds is 7. The number of anilines is 2. The number of carboxylic acids is 1. The Bertz CT molecular complexity index is 1670. The molecule has 3 aromatic heterocycles. The molecule has 11 nitrogen and oxygen atoms in total. The molecular weight excluding hydrogens is 567 g/mol. The SMILES string of the molecule is N#Cc1c(N)sc2c1C1(CN(c3nc(OC[C@@]45CCCN4C[C@H](F)C5)nc4c3c(C#N)cn4CCC(=O)O)C1)SC2. The predicted octanol–water partition coefficient (Wildman–Crippen LogP) is 3.21. The van der Waals surface area contributed by atoms with Crippen molar-refractivity contribution in [3.63, 3.8) is 0 Å². The van der Waals surface area contributed by atoms with Gasteiger partial charge >= 0.3 is 12.0 Å². The third-order valence-electron chi connectivity index (χ3n) is 8.84. The van der Waals surface area contributed by atoms with Crippen molar-refractivity contribution in [2.45, 2.75) is 54.4 Å². The third kappa shape index (κ3) is 4.03. The second-order valence-corrected chi connectivity index (χ2v) is 13.8. The largest absolute Gasteiger partial charge is 0.481 e. The number of nitrogen functional groups attached to an aromatic ring is 1. The summed E-state index contributed by atoms with van der Waals surface area (Å²) in [7, 11) is 0. The maximum absolute atomic E-state index is 14.4. The number of carboxylic acid groups (broad SMARTS) is 1. The molecule has 3 saturated heterocycles. The molecule has 3 aromatic rings. The minimum atomic E-state index is -0.958.